The normalized spacial score (nSPS) is 24.4. The molecule has 28 heavy (non-hydrogen) atoms. The Kier molecular flexibility index (Phi) is 6.42. The van der Waals surface area contributed by atoms with Crippen LogP contribution in [0.2, 0.25) is 0 Å². The molecular formula is C21H33N5O2. The van der Waals surface area contributed by atoms with Crippen LogP contribution in [-0.2, 0) is 24.2 Å². The summed E-state index contributed by atoms with van der Waals surface area (Å²) in [6, 6.07) is 2.11. The van der Waals surface area contributed by atoms with Crippen LogP contribution >= 0.6 is 0 Å². The maximum absolute atomic E-state index is 12.3. The van der Waals surface area contributed by atoms with Crippen molar-refractivity contribution in [1.82, 2.24) is 24.9 Å². The number of carbonyl (C=O) groups excluding carboxylic acids is 1. The molecule has 1 unspecified atom stereocenters. The maximum Gasteiger partial charge on any atom is 0.267 e. The summed E-state index contributed by atoms with van der Waals surface area (Å²) >= 11 is 0. The van der Waals surface area contributed by atoms with Crippen LogP contribution in [0.25, 0.3) is 0 Å². The van der Waals surface area contributed by atoms with Crippen molar-refractivity contribution in [2.24, 2.45) is 0 Å². The number of hydrogen-bond acceptors (Lipinski definition) is 5. The van der Waals surface area contributed by atoms with Gasteiger partial charge in [0.05, 0.1) is 12.2 Å². The van der Waals surface area contributed by atoms with E-state index in [9.17, 15) is 9.59 Å². The fraction of sp³-hybridized carbons (Fsp3) is 0.762. The fourth-order valence-corrected chi connectivity index (χ4v) is 4.69. The van der Waals surface area contributed by atoms with E-state index in [1.165, 1.54) is 12.8 Å². The molecule has 1 atom stereocenters. The highest BCUT2D eigenvalue weighted by Gasteiger charge is 2.23. The van der Waals surface area contributed by atoms with Gasteiger partial charge in [0, 0.05) is 57.8 Å². The third-order valence-electron chi connectivity index (χ3n) is 6.42. The number of aryl methyl sites for hydroxylation is 2. The summed E-state index contributed by atoms with van der Waals surface area (Å²) in [5.41, 5.74) is 2.33. The molecule has 0 bridgehead atoms. The van der Waals surface area contributed by atoms with E-state index in [4.69, 9.17) is 0 Å². The molecule has 7 heteroatoms. The van der Waals surface area contributed by atoms with Crippen molar-refractivity contribution in [2.75, 3.05) is 39.3 Å². The van der Waals surface area contributed by atoms with Gasteiger partial charge in [-0.15, -0.1) is 0 Å². The lowest BCUT2D eigenvalue weighted by molar-refractivity contribution is -0.121. The van der Waals surface area contributed by atoms with Gasteiger partial charge in [0.25, 0.3) is 5.56 Å². The molecule has 1 N–H and O–H groups in total. The quantitative estimate of drug-likeness (QED) is 0.809. The number of amides is 1. The van der Waals surface area contributed by atoms with Crippen LogP contribution in [0.5, 0.6) is 0 Å². The molecule has 2 fully saturated rings. The lowest BCUT2D eigenvalue weighted by Crippen LogP contribution is -2.51. The van der Waals surface area contributed by atoms with Crippen LogP contribution < -0.4 is 10.9 Å². The largest absolute Gasteiger partial charge is 0.352 e. The van der Waals surface area contributed by atoms with Crippen LogP contribution in [0.15, 0.2) is 10.9 Å². The fourth-order valence-electron chi connectivity index (χ4n) is 4.69. The number of rotatable bonds is 5. The molecule has 154 valence electrons. The molecule has 0 saturated carbocycles. The Morgan fingerprint density at radius 2 is 1.68 bits per heavy atom. The topological polar surface area (TPSA) is 70.5 Å². The van der Waals surface area contributed by atoms with E-state index in [1.54, 1.807) is 10.7 Å². The highest BCUT2D eigenvalue weighted by Crippen LogP contribution is 2.17. The molecular weight excluding hydrogens is 354 g/mol. The summed E-state index contributed by atoms with van der Waals surface area (Å²) in [5.74, 6) is 0.212. The van der Waals surface area contributed by atoms with Gasteiger partial charge in [0.1, 0.15) is 0 Å². The van der Waals surface area contributed by atoms with Crippen LogP contribution in [-0.4, -0.2) is 70.8 Å². The first-order chi connectivity index (χ1) is 13.7. The average Bonchev–Trinajstić information content (AvgIpc) is 2.91. The molecule has 2 aliphatic heterocycles. The van der Waals surface area contributed by atoms with E-state index in [2.05, 4.69) is 20.2 Å². The number of piperazine rings is 1. The number of fused-ring (bicyclic) bond motifs is 1. The summed E-state index contributed by atoms with van der Waals surface area (Å²) in [6.45, 7) is 6.59. The molecule has 0 radical (unpaired) electrons. The molecule has 1 aromatic heterocycles. The standard InChI is InChI=1S/C21H33N5O2/c27-20-8-4-2-6-18(22-20)16-25-11-9-24(10-12-25)13-14-26-21(28)15-17-5-1-3-7-19(17)23-26/h15,18H,1-14,16H2,(H,22,27). The number of aromatic nitrogens is 2. The molecule has 4 rings (SSSR count). The van der Waals surface area contributed by atoms with E-state index in [0.29, 0.717) is 19.0 Å². The molecule has 0 spiro atoms. The monoisotopic (exact) mass is 387 g/mol. The van der Waals surface area contributed by atoms with Crippen molar-refractivity contribution in [1.29, 1.82) is 0 Å². The predicted molar refractivity (Wildman–Crippen MR) is 108 cm³/mol. The Morgan fingerprint density at radius 3 is 2.54 bits per heavy atom. The smallest absolute Gasteiger partial charge is 0.267 e. The summed E-state index contributed by atoms with van der Waals surface area (Å²) in [7, 11) is 0. The average molecular weight is 388 g/mol. The minimum atomic E-state index is 0.0448. The lowest BCUT2D eigenvalue weighted by Gasteiger charge is -2.36. The second kappa shape index (κ2) is 9.18. The number of hydrogen-bond donors (Lipinski definition) is 1. The molecule has 1 aromatic rings. The van der Waals surface area contributed by atoms with Crippen LogP contribution in [0.1, 0.15) is 49.8 Å². The highest BCUT2D eigenvalue weighted by molar-refractivity contribution is 5.76. The predicted octanol–water partition coefficient (Wildman–Crippen LogP) is 0.799. The Hall–Kier alpha value is -1.73. The van der Waals surface area contributed by atoms with Gasteiger partial charge < -0.3 is 5.32 Å². The molecule has 7 nitrogen and oxygen atoms in total. The molecule has 1 amide bonds. The second-order valence-electron chi connectivity index (χ2n) is 8.54. The summed E-state index contributed by atoms with van der Waals surface area (Å²) in [6.07, 6.45) is 8.31. The van der Waals surface area contributed by atoms with E-state index in [1.807, 2.05) is 0 Å². The van der Waals surface area contributed by atoms with Gasteiger partial charge in [-0.3, -0.25) is 19.4 Å². The Bertz CT molecular complexity index is 739. The zero-order valence-electron chi connectivity index (χ0n) is 16.9. The third-order valence-corrected chi connectivity index (χ3v) is 6.42. The molecule has 1 aliphatic carbocycles. The van der Waals surface area contributed by atoms with E-state index < -0.39 is 0 Å². The van der Waals surface area contributed by atoms with Crippen LogP contribution in [0, 0.1) is 0 Å². The summed E-state index contributed by atoms with van der Waals surface area (Å²) < 4.78 is 1.66. The van der Waals surface area contributed by atoms with Gasteiger partial charge >= 0.3 is 0 Å². The first-order valence-electron chi connectivity index (χ1n) is 11.0. The van der Waals surface area contributed by atoms with Crippen molar-refractivity contribution in [3.8, 4) is 0 Å². The van der Waals surface area contributed by atoms with Crippen molar-refractivity contribution < 1.29 is 4.79 Å². The van der Waals surface area contributed by atoms with Crippen molar-refractivity contribution >= 4 is 5.91 Å². The van der Waals surface area contributed by atoms with Gasteiger partial charge in [-0.05, 0) is 44.1 Å². The van der Waals surface area contributed by atoms with Gasteiger partial charge in [-0.25, -0.2) is 4.68 Å². The Labute approximate surface area is 167 Å². The first kappa shape index (κ1) is 19.6. The SMILES string of the molecule is O=C1CCCCC(CN2CCN(CCn3nc4c(cc3=O)CCCC4)CC2)N1. The van der Waals surface area contributed by atoms with E-state index in [0.717, 1.165) is 82.6 Å². The summed E-state index contributed by atoms with van der Waals surface area (Å²) in [4.78, 5) is 29.0. The van der Waals surface area contributed by atoms with Gasteiger partial charge in [0.15, 0.2) is 0 Å². The van der Waals surface area contributed by atoms with Crippen LogP contribution in [0.3, 0.4) is 0 Å². The Morgan fingerprint density at radius 1 is 0.929 bits per heavy atom. The van der Waals surface area contributed by atoms with Gasteiger partial charge in [-0.2, -0.15) is 5.10 Å². The third kappa shape index (κ3) is 5.00. The van der Waals surface area contributed by atoms with Gasteiger partial charge in [0.2, 0.25) is 5.91 Å². The highest BCUT2D eigenvalue weighted by atomic mass is 16.1. The van der Waals surface area contributed by atoms with E-state index in [-0.39, 0.29) is 11.5 Å². The molecule has 3 heterocycles. The number of nitrogens with zero attached hydrogens (tertiary/aromatic N) is 4. The lowest BCUT2D eigenvalue weighted by atomic mass is 9.97. The van der Waals surface area contributed by atoms with Gasteiger partial charge in [-0.1, -0.05) is 6.42 Å². The second-order valence-corrected chi connectivity index (χ2v) is 8.54. The summed E-state index contributed by atoms with van der Waals surface area (Å²) in [5, 5.41) is 7.81. The Balaban J connectivity index is 1.24. The minimum Gasteiger partial charge on any atom is -0.352 e. The van der Waals surface area contributed by atoms with E-state index >= 15 is 0 Å². The minimum absolute atomic E-state index is 0.0448. The first-order valence-corrected chi connectivity index (χ1v) is 11.0. The zero-order chi connectivity index (χ0) is 19.3. The van der Waals surface area contributed by atoms with Crippen molar-refractivity contribution in [2.45, 2.75) is 64.0 Å². The maximum atomic E-state index is 12.3. The molecule has 2 saturated heterocycles. The number of carbonyl (C=O) groups is 1. The number of nitrogens with one attached hydrogen (secondary N) is 1. The van der Waals surface area contributed by atoms with Crippen molar-refractivity contribution in [3.63, 3.8) is 0 Å². The molecule has 3 aliphatic rings. The van der Waals surface area contributed by atoms with Crippen molar-refractivity contribution in [3.05, 3.63) is 27.7 Å². The van der Waals surface area contributed by atoms with Crippen LogP contribution in [0.4, 0.5) is 0 Å². The molecule has 0 aromatic carbocycles. The zero-order valence-corrected chi connectivity index (χ0v) is 16.9.